The summed E-state index contributed by atoms with van der Waals surface area (Å²) < 4.78 is 75.1. The van der Waals surface area contributed by atoms with Crippen molar-refractivity contribution < 1.29 is 26.3 Å². The van der Waals surface area contributed by atoms with E-state index in [1.54, 1.807) is 13.8 Å². The van der Waals surface area contributed by atoms with Crippen LogP contribution in [0.5, 0.6) is 5.75 Å². The van der Waals surface area contributed by atoms with Crippen LogP contribution in [-0.2, 0) is 22.6 Å². The van der Waals surface area contributed by atoms with Crippen molar-refractivity contribution in [2.75, 3.05) is 11.3 Å². The molecule has 0 unspecified atom stereocenters. The predicted octanol–water partition coefficient (Wildman–Crippen LogP) is 3.83. The topological polar surface area (TPSA) is 155 Å². The van der Waals surface area contributed by atoms with E-state index in [9.17, 15) is 26.4 Å². The maximum atomic E-state index is 13.3. The number of fused-ring (bicyclic) bond motifs is 1. The molecule has 39 heavy (non-hydrogen) atoms. The van der Waals surface area contributed by atoms with Gasteiger partial charge in [0.1, 0.15) is 17.6 Å². The van der Waals surface area contributed by atoms with E-state index in [1.165, 1.54) is 28.8 Å². The van der Waals surface area contributed by atoms with Crippen LogP contribution in [0.4, 0.5) is 18.9 Å². The molecule has 0 amide bonds. The second-order valence-electron chi connectivity index (χ2n) is 8.35. The molecule has 0 fully saturated rings. The standard InChI is InChI=1S/C24H22F3N7O4S/c1-4-6-20-30-13(3)21-23(35)31-22(32-34(20)21)16-8-7-15(10-19(16)38-5-2)39(36,37)33-14-9-17(24(25,26)27)18(11-28)29-12-14/h7-10,12,33H,4-6H2,1-3H3,(H,31,32,35). The van der Waals surface area contributed by atoms with Gasteiger partial charge in [-0.3, -0.25) is 9.52 Å². The van der Waals surface area contributed by atoms with Crippen LogP contribution in [0.25, 0.3) is 16.9 Å². The summed E-state index contributed by atoms with van der Waals surface area (Å²) in [5.74, 6) is 0.757. The van der Waals surface area contributed by atoms with Gasteiger partial charge in [0.2, 0.25) is 0 Å². The molecule has 0 aliphatic rings. The number of nitrogens with one attached hydrogen (secondary N) is 2. The van der Waals surface area contributed by atoms with Crippen molar-refractivity contribution in [3.05, 3.63) is 63.6 Å². The first-order chi connectivity index (χ1) is 18.4. The van der Waals surface area contributed by atoms with Crippen molar-refractivity contribution >= 4 is 21.2 Å². The Hall–Kier alpha value is -4.45. The summed E-state index contributed by atoms with van der Waals surface area (Å²) in [5, 5.41) is 13.4. The Morgan fingerprint density at radius 2 is 1.97 bits per heavy atom. The second kappa shape index (κ2) is 10.4. The lowest BCUT2D eigenvalue weighted by atomic mass is 10.2. The van der Waals surface area contributed by atoms with E-state index in [-0.39, 0.29) is 34.2 Å². The molecule has 0 bridgehead atoms. The number of aromatic amines is 1. The highest BCUT2D eigenvalue weighted by Crippen LogP contribution is 2.34. The van der Waals surface area contributed by atoms with E-state index in [2.05, 4.69) is 20.1 Å². The molecule has 0 saturated heterocycles. The van der Waals surface area contributed by atoms with Crippen LogP contribution in [0.15, 0.2) is 40.2 Å². The number of nitriles is 1. The van der Waals surface area contributed by atoms with Crippen molar-refractivity contribution in [2.45, 2.75) is 44.7 Å². The third-order valence-corrected chi connectivity index (χ3v) is 6.96. The molecule has 4 aromatic rings. The van der Waals surface area contributed by atoms with Crippen LogP contribution < -0.4 is 15.0 Å². The summed E-state index contributed by atoms with van der Waals surface area (Å²) in [6.07, 6.45) is -2.76. The molecule has 2 N–H and O–H groups in total. The van der Waals surface area contributed by atoms with E-state index < -0.39 is 38.7 Å². The Labute approximate surface area is 220 Å². The van der Waals surface area contributed by atoms with Gasteiger partial charge < -0.3 is 9.72 Å². The fraction of sp³-hybridized carbons (Fsp3) is 0.292. The zero-order valence-electron chi connectivity index (χ0n) is 20.9. The van der Waals surface area contributed by atoms with Crippen LogP contribution in [0.3, 0.4) is 0 Å². The molecule has 204 valence electrons. The smallest absolute Gasteiger partial charge is 0.419 e. The zero-order valence-corrected chi connectivity index (χ0v) is 21.7. The van der Waals surface area contributed by atoms with Crippen LogP contribution in [0, 0.1) is 18.3 Å². The third-order valence-electron chi connectivity index (χ3n) is 5.59. The minimum Gasteiger partial charge on any atom is -0.493 e. The van der Waals surface area contributed by atoms with Gasteiger partial charge in [-0.05, 0) is 38.5 Å². The molecular formula is C24H22F3N7O4S. The molecule has 3 heterocycles. The van der Waals surface area contributed by atoms with Gasteiger partial charge >= 0.3 is 6.18 Å². The molecule has 4 rings (SSSR count). The van der Waals surface area contributed by atoms with Gasteiger partial charge in [0.05, 0.1) is 40.2 Å². The number of hydrogen-bond donors (Lipinski definition) is 2. The van der Waals surface area contributed by atoms with Crippen molar-refractivity contribution in [3.63, 3.8) is 0 Å². The van der Waals surface area contributed by atoms with Crippen LogP contribution in [0.2, 0.25) is 0 Å². The van der Waals surface area contributed by atoms with Gasteiger partial charge in [-0.2, -0.15) is 18.4 Å². The fourth-order valence-electron chi connectivity index (χ4n) is 3.92. The summed E-state index contributed by atoms with van der Waals surface area (Å²) in [5.41, 5.74) is -2.11. The van der Waals surface area contributed by atoms with Crippen molar-refractivity contribution in [3.8, 4) is 23.2 Å². The molecule has 3 aromatic heterocycles. The van der Waals surface area contributed by atoms with Gasteiger partial charge in [0, 0.05) is 12.5 Å². The number of halogens is 3. The molecule has 1 aromatic carbocycles. The largest absolute Gasteiger partial charge is 0.493 e. The Bertz CT molecular complexity index is 1770. The van der Waals surface area contributed by atoms with Crippen LogP contribution >= 0.6 is 0 Å². The van der Waals surface area contributed by atoms with Gasteiger partial charge in [0.15, 0.2) is 17.0 Å². The normalized spacial score (nSPS) is 11.9. The summed E-state index contributed by atoms with van der Waals surface area (Å²) in [7, 11) is -4.42. The Kier molecular flexibility index (Phi) is 7.33. The van der Waals surface area contributed by atoms with E-state index in [0.717, 1.165) is 12.6 Å². The summed E-state index contributed by atoms with van der Waals surface area (Å²) in [4.78, 5) is 23.0. The third kappa shape index (κ3) is 5.41. The maximum Gasteiger partial charge on any atom is 0.419 e. The molecule has 0 radical (unpaired) electrons. The Morgan fingerprint density at radius 1 is 1.23 bits per heavy atom. The van der Waals surface area contributed by atoms with Crippen molar-refractivity contribution in [2.24, 2.45) is 0 Å². The number of nitrogens with zero attached hydrogens (tertiary/aromatic N) is 5. The lowest BCUT2D eigenvalue weighted by molar-refractivity contribution is -0.138. The number of benzene rings is 1. The lowest BCUT2D eigenvalue weighted by Crippen LogP contribution is -2.17. The highest BCUT2D eigenvalue weighted by molar-refractivity contribution is 7.92. The summed E-state index contributed by atoms with van der Waals surface area (Å²) >= 11 is 0. The van der Waals surface area contributed by atoms with E-state index in [0.29, 0.717) is 24.0 Å². The molecule has 0 aliphatic heterocycles. The van der Waals surface area contributed by atoms with Gasteiger partial charge in [-0.15, -0.1) is 5.10 Å². The van der Waals surface area contributed by atoms with Crippen LogP contribution in [0.1, 0.15) is 43.0 Å². The first-order valence-corrected chi connectivity index (χ1v) is 13.1. The number of pyridine rings is 1. The monoisotopic (exact) mass is 561 g/mol. The number of rotatable bonds is 8. The van der Waals surface area contributed by atoms with Crippen molar-refractivity contribution in [1.82, 2.24) is 24.6 Å². The molecule has 11 nitrogen and oxygen atoms in total. The average molecular weight is 562 g/mol. The maximum absolute atomic E-state index is 13.3. The molecule has 0 aliphatic carbocycles. The van der Waals surface area contributed by atoms with Crippen molar-refractivity contribution in [1.29, 1.82) is 5.26 Å². The quantitative estimate of drug-likeness (QED) is 0.329. The van der Waals surface area contributed by atoms with Crippen LogP contribution in [-0.4, -0.2) is 39.6 Å². The first kappa shape index (κ1) is 27.6. The number of sulfonamides is 1. The number of aromatic nitrogens is 5. The number of anilines is 1. The predicted molar refractivity (Wildman–Crippen MR) is 134 cm³/mol. The number of ether oxygens (including phenoxy) is 1. The second-order valence-corrected chi connectivity index (χ2v) is 10.0. The molecular weight excluding hydrogens is 539 g/mol. The van der Waals surface area contributed by atoms with E-state index >= 15 is 0 Å². The van der Waals surface area contributed by atoms with Gasteiger partial charge in [0.25, 0.3) is 15.6 Å². The average Bonchev–Trinajstić information content (AvgIpc) is 3.19. The minimum atomic E-state index is -4.92. The number of H-pyrrole nitrogens is 1. The summed E-state index contributed by atoms with van der Waals surface area (Å²) in [6, 6.07) is 5.55. The van der Waals surface area contributed by atoms with E-state index in [4.69, 9.17) is 10.00 Å². The van der Waals surface area contributed by atoms with Gasteiger partial charge in [-0.25, -0.2) is 22.9 Å². The molecule has 0 saturated carbocycles. The number of hydrogen-bond acceptors (Lipinski definition) is 8. The number of imidazole rings is 1. The number of aryl methyl sites for hydroxylation is 2. The van der Waals surface area contributed by atoms with Gasteiger partial charge in [-0.1, -0.05) is 6.92 Å². The molecule has 0 spiro atoms. The Balaban J connectivity index is 1.77. The SMILES string of the molecule is CCCc1nc(C)c2c(=O)[nH]c(-c3ccc(S(=O)(=O)Nc4cnc(C#N)c(C(F)(F)F)c4)cc3OCC)nn12. The zero-order chi connectivity index (χ0) is 28.5. The highest BCUT2D eigenvalue weighted by Gasteiger charge is 2.35. The summed E-state index contributed by atoms with van der Waals surface area (Å²) in [6.45, 7) is 5.46. The van der Waals surface area contributed by atoms with E-state index in [1.807, 2.05) is 11.6 Å². The minimum absolute atomic E-state index is 0.0608. The highest BCUT2D eigenvalue weighted by atomic mass is 32.2. The molecule has 0 atom stereocenters. The lowest BCUT2D eigenvalue weighted by Gasteiger charge is -2.14. The number of alkyl halides is 3. The molecule has 15 heteroatoms. The Morgan fingerprint density at radius 3 is 2.62 bits per heavy atom. The first-order valence-electron chi connectivity index (χ1n) is 11.7. The fourth-order valence-corrected chi connectivity index (χ4v) is 4.97.